The van der Waals surface area contributed by atoms with E-state index >= 15 is 0 Å². The van der Waals surface area contributed by atoms with Crippen molar-refractivity contribution in [1.82, 2.24) is 29.6 Å². The Balaban J connectivity index is 1.65. The molecule has 0 aromatic carbocycles. The molecular weight excluding hydrogens is 304 g/mol. The maximum atomic E-state index is 12.9. The third kappa shape index (κ3) is 2.36. The summed E-state index contributed by atoms with van der Waals surface area (Å²) in [5.74, 6) is 1.03. The monoisotopic (exact) mass is 324 g/mol. The van der Waals surface area contributed by atoms with E-state index in [4.69, 9.17) is 0 Å². The van der Waals surface area contributed by atoms with Crippen molar-refractivity contribution in [2.24, 2.45) is 7.05 Å². The van der Waals surface area contributed by atoms with Crippen LogP contribution in [0.1, 0.15) is 34.0 Å². The quantitative estimate of drug-likeness (QED) is 0.775. The molecule has 124 valence electrons. The highest BCUT2D eigenvalue weighted by molar-refractivity contribution is 6.06. The number of amides is 1. The van der Waals surface area contributed by atoms with Gasteiger partial charge in [-0.25, -0.2) is 9.97 Å². The normalized spacial score (nSPS) is 17.0. The van der Waals surface area contributed by atoms with Gasteiger partial charge in [0.15, 0.2) is 5.65 Å². The van der Waals surface area contributed by atoms with Crippen molar-refractivity contribution in [2.45, 2.75) is 39.3 Å². The Morgan fingerprint density at radius 3 is 3.04 bits per heavy atom. The number of aryl methyl sites for hydroxylation is 4. The third-order valence-electron chi connectivity index (χ3n) is 4.61. The molecule has 1 amide bonds. The van der Waals surface area contributed by atoms with Crippen molar-refractivity contribution >= 4 is 16.9 Å². The van der Waals surface area contributed by atoms with E-state index in [0.29, 0.717) is 5.56 Å². The summed E-state index contributed by atoms with van der Waals surface area (Å²) >= 11 is 0. The Bertz CT molecular complexity index is 938. The van der Waals surface area contributed by atoms with Gasteiger partial charge in [0.1, 0.15) is 5.82 Å². The third-order valence-corrected chi connectivity index (χ3v) is 4.61. The molecule has 1 aliphatic heterocycles. The Labute approximate surface area is 139 Å². The first-order valence-electron chi connectivity index (χ1n) is 8.15. The summed E-state index contributed by atoms with van der Waals surface area (Å²) in [6.45, 7) is 4.58. The molecule has 0 saturated carbocycles. The maximum absolute atomic E-state index is 12.9. The van der Waals surface area contributed by atoms with E-state index in [1.165, 1.54) is 0 Å². The number of imidazole rings is 1. The number of carbonyl (C=O) groups is 1. The van der Waals surface area contributed by atoms with Crippen molar-refractivity contribution in [1.29, 1.82) is 0 Å². The summed E-state index contributed by atoms with van der Waals surface area (Å²) in [5, 5.41) is 8.41. The topological polar surface area (TPSA) is 77.6 Å². The Morgan fingerprint density at radius 2 is 2.21 bits per heavy atom. The SMILES string of the molecule is Cc1cc(C(=O)N[C@@H]2CCc3nccn3C2)c2c(C)nn(C)c2n1. The Morgan fingerprint density at radius 1 is 1.38 bits per heavy atom. The van der Waals surface area contributed by atoms with Crippen LogP contribution in [0.4, 0.5) is 0 Å². The number of fused-ring (bicyclic) bond motifs is 2. The second kappa shape index (κ2) is 5.43. The number of hydrogen-bond donors (Lipinski definition) is 1. The number of rotatable bonds is 2. The van der Waals surface area contributed by atoms with Gasteiger partial charge in [-0.15, -0.1) is 0 Å². The second-order valence-electron chi connectivity index (χ2n) is 6.42. The first-order valence-corrected chi connectivity index (χ1v) is 8.15. The summed E-state index contributed by atoms with van der Waals surface area (Å²) in [6, 6.07) is 1.96. The van der Waals surface area contributed by atoms with Gasteiger partial charge >= 0.3 is 0 Å². The highest BCUT2D eigenvalue weighted by Crippen LogP contribution is 2.22. The van der Waals surface area contributed by atoms with Crippen molar-refractivity contribution in [3.63, 3.8) is 0 Å². The van der Waals surface area contributed by atoms with Crippen LogP contribution >= 0.6 is 0 Å². The molecule has 24 heavy (non-hydrogen) atoms. The van der Waals surface area contributed by atoms with Gasteiger partial charge in [0.25, 0.3) is 5.91 Å². The predicted octanol–water partition coefficient (Wildman–Crippen LogP) is 1.53. The lowest BCUT2D eigenvalue weighted by atomic mass is 10.0. The molecule has 3 aromatic rings. The molecule has 4 rings (SSSR count). The lowest BCUT2D eigenvalue weighted by Crippen LogP contribution is -2.41. The standard InChI is InChI=1S/C17H20N6O/c1-10-8-13(15-11(2)21-22(3)16(15)19-10)17(24)20-12-4-5-14-18-6-7-23(14)9-12/h6-8,12H,4-5,9H2,1-3H3,(H,20,24)/t12-/m1/s1. The molecule has 1 N–H and O–H groups in total. The predicted molar refractivity (Wildman–Crippen MR) is 89.8 cm³/mol. The van der Waals surface area contributed by atoms with Crippen LogP contribution in [-0.2, 0) is 20.0 Å². The Kier molecular flexibility index (Phi) is 3.37. The van der Waals surface area contributed by atoms with Gasteiger partial charge in [0.05, 0.1) is 16.6 Å². The zero-order valence-electron chi connectivity index (χ0n) is 14.1. The smallest absolute Gasteiger partial charge is 0.252 e. The van der Waals surface area contributed by atoms with Gasteiger partial charge in [-0.05, 0) is 26.3 Å². The van der Waals surface area contributed by atoms with Crippen molar-refractivity contribution in [3.05, 3.63) is 41.2 Å². The lowest BCUT2D eigenvalue weighted by Gasteiger charge is -2.25. The van der Waals surface area contributed by atoms with Gasteiger partial charge in [-0.2, -0.15) is 5.10 Å². The molecular formula is C17H20N6O. The fourth-order valence-corrected chi connectivity index (χ4v) is 3.50. The number of pyridine rings is 1. The van der Waals surface area contributed by atoms with Crippen LogP contribution in [0.2, 0.25) is 0 Å². The minimum atomic E-state index is -0.0600. The molecule has 0 bridgehead atoms. The van der Waals surface area contributed by atoms with Crippen LogP contribution in [0, 0.1) is 13.8 Å². The van der Waals surface area contributed by atoms with Gasteiger partial charge in [-0.1, -0.05) is 0 Å². The number of nitrogens with one attached hydrogen (secondary N) is 1. The molecule has 0 fully saturated rings. The molecule has 7 heteroatoms. The van der Waals surface area contributed by atoms with Crippen LogP contribution in [-0.4, -0.2) is 36.3 Å². The van der Waals surface area contributed by atoms with Crippen molar-refractivity contribution in [2.75, 3.05) is 0 Å². The van der Waals surface area contributed by atoms with E-state index in [1.54, 1.807) is 4.68 Å². The van der Waals surface area contributed by atoms with Gasteiger partial charge in [0, 0.05) is 44.1 Å². The van der Waals surface area contributed by atoms with E-state index < -0.39 is 0 Å². The summed E-state index contributed by atoms with van der Waals surface area (Å²) in [4.78, 5) is 21.7. The largest absolute Gasteiger partial charge is 0.347 e. The Hall–Kier alpha value is -2.70. The molecule has 7 nitrogen and oxygen atoms in total. The fraction of sp³-hybridized carbons (Fsp3) is 0.412. The number of hydrogen-bond acceptors (Lipinski definition) is 4. The van der Waals surface area contributed by atoms with Crippen molar-refractivity contribution in [3.8, 4) is 0 Å². The molecule has 0 radical (unpaired) electrons. The van der Waals surface area contributed by atoms with E-state index in [9.17, 15) is 4.79 Å². The number of aromatic nitrogens is 5. The summed E-state index contributed by atoms with van der Waals surface area (Å²) in [5.41, 5.74) is 3.04. The zero-order valence-corrected chi connectivity index (χ0v) is 14.1. The molecule has 1 atom stereocenters. The van der Waals surface area contributed by atoms with Crippen LogP contribution in [0.5, 0.6) is 0 Å². The first-order chi connectivity index (χ1) is 11.5. The first kappa shape index (κ1) is 14.9. The van der Waals surface area contributed by atoms with E-state index in [1.807, 2.05) is 39.4 Å². The van der Waals surface area contributed by atoms with Crippen LogP contribution in [0.25, 0.3) is 11.0 Å². The lowest BCUT2D eigenvalue weighted by molar-refractivity contribution is 0.0929. The number of nitrogens with zero attached hydrogens (tertiary/aromatic N) is 5. The average Bonchev–Trinajstić information content (AvgIpc) is 3.11. The van der Waals surface area contributed by atoms with Crippen molar-refractivity contribution < 1.29 is 4.79 Å². The van der Waals surface area contributed by atoms with E-state index in [-0.39, 0.29) is 11.9 Å². The fourth-order valence-electron chi connectivity index (χ4n) is 3.50. The highest BCUT2D eigenvalue weighted by atomic mass is 16.1. The second-order valence-corrected chi connectivity index (χ2v) is 6.42. The van der Waals surface area contributed by atoms with Crippen LogP contribution in [0.15, 0.2) is 18.5 Å². The minimum Gasteiger partial charge on any atom is -0.347 e. The molecule has 4 heterocycles. The minimum absolute atomic E-state index is 0.0600. The summed E-state index contributed by atoms with van der Waals surface area (Å²) in [7, 11) is 1.85. The molecule has 0 saturated heterocycles. The van der Waals surface area contributed by atoms with E-state index in [0.717, 1.165) is 47.6 Å². The molecule has 0 spiro atoms. The number of carbonyl (C=O) groups excluding carboxylic acids is 1. The van der Waals surface area contributed by atoms with Crippen LogP contribution < -0.4 is 5.32 Å². The molecule has 0 aliphatic carbocycles. The van der Waals surface area contributed by atoms with Gasteiger partial charge in [-0.3, -0.25) is 9.48 Å². The zero-order chi connectivity index (χ0) is 16.8. The summed E-state index contributed by atoms with van der Waals surface area (Å²) in [6.07, 6.45) is 5.57. The van der Waals surface area contributed by atoms with Gasteiger partial charge in [0.2, 0.25) is 0 Å². The maximum Gasteiger partial charge on any atom is 0.252 e. The average molecular weight is 324 g/mol. The van der Waals surface area contributed by atoms with Crippen LogP contribution in [0.3, 0.4) is 0 Å². The highest BCUT2D eigenvalue weighted by Gasteiger charge is 2.23. The van der Waals surface area contributed by atoms with E-state index in [2.05, 4.69) is 25.0 Å². The molecule has 3 aromatic heterocycles. The molecule has 1 aliphatic rings. The molecule has 0 unspecified atom stereocenters. The summed E-state index contributed by atoms with van der Waals surface area (Å²) < 4.78 is 3.84. The van der Waals surface area contributed by atoms with Gasteiger partial charge < -0.3 is 9.88 Å².